The van der Waals surface area contributed by atoms with E-state index in [4.69, 9.17) is 9.47 Å². The molecule has 0 unspecified atom stereocenters. The molecule has 2 amide bonds. The van der Waals surface area contributed by atoms with E-state index in [1.807, 2.05) is 50.2 Å². The lowest BCUT2D eigenvalue weighted by Gasteiger charge is -2.27. The predicted molar refractivity (Wildman–Crippen MR) is 117 cm³/mol. The van der Waals surface area contributed by atoms with Crippen molar-refractivity contribution in [3.8, 4) is 11.5 Å². The van der Waals surface area contributed by atoms with Gasteiger partial charge in [0.25, 0.3) is 0 Å². The second-order valence-electron chi connectivity index (χ2n) is 7.20. The van der Waals surface area contributed by atoms with Crippen molar-refractivity contribution in [2.75, 3.05) is 30.2 Å². The molecule has 154 valence electrons. The fraction of sp³-hybridized carbons (Fsp3) is 0.364. The zero-order valence-electron chi connectivity index (χ0n) is 17.1. The Morgan fingerprint density at radius 2 is 1.97 bits per heavy atom. The minimum absolute atomic E-state index is 0.00761. The van der Waals surface area contributed by atoms with Gasteiger partial charge in [0.1, 0.15) is 16.9 Å². The maximum absolute atomic E-state index is 12.8. The third-order valence-electron chi connectivity index (χ3n) is 4.61. The molecule has 1 fully saturated rings. The van der Waals surface area contributed by atoms with Gasteiger partial charge in [0.2, 0.25) is 11.8 Å². The first-order valence-electron chi connectivity index (χ1n) is 9.49. The number of rotatable bonds is 7. The summed E-state index contributed by atoms with van der Waals surface area (Å²) < 4.78 is 10.8. The highest BCUT2D eigenvalue weighted by molar-refractivity contribution is 8.00. The molecule has 0 aromatic heterocycles. The summed E-state index contributed by atoms with van der Waals surface area (Å²) in [4.78, 5) is 26.9. The molecule has 0 bridgehead atoms. The molecule has 7 heteroatoms. The standard InChI is InChI=1S/C22H26N2O4S/c1-14(2)11-20(25)23-17-8-6-5-7-16(17)22-24(21(26)13-29-22)18-10-9-15(27-3)12-19(18)28-4/h5-10,12,14,22H,11,13H2,1-4H3,(H,23,25)/t22-/m1/s1. The van der Waals surface area contributed by atoms with E-state index < -0.39 is 0 Å². The Morgan fingerprint density at radius 3 is 2.66 bits per heavy atom. The van der Waals surface area contributed by atoms with E-state index in [0.29, 0.717) is 29.4 Å². The Labute approximate surface area is 175 Å². The molecule has 1 aliphatic heterocycles. The lowest BCUT2D eigenvalue weighted by Crippen LogP contribution is -2.29. The van der Waals surface area contributed by atoms with E-state index in [2.05, 4.69) is 5.32 Å². The van der Waals surface area contributed by atoms with Gasteiger partial charge in [-0.05, 0) is 24.1 Å². The number of amides is 2. The van der Waals surface area contributed by atoms with Gasteiger partial charge >= 0.3 is 0 Å². The number of carbonyl (C=O) groups excluding carboxylic acids is 2. The average molecular weight is 415 g/mol. The zero-order valence-corrected chi connectivity index (χ0v) is 17.9. The highest BCUT2D eigenvalue weighted by Gasteiger charge is 2.37. The molecule has 0 aliphatic carbocycles. The molecular weight excluding hydrogens is 388 g/mol. The largest absolute Gasteiger partial charge is 0.497 e. The van der Waals surface area contributed by atoms with Crippen LogP contribution in [0.15, 0.2) is 42.5 Å². The number of nitrogens with one attached hydrogen (secondary N) is 1. The second-order valence-corrected chi connectivity index (χ2v) is 8.27. The van der Waals surface area contributed by atoms with E-state index in [-0.39, 0.29) is 23.1 Å². The van der Waals surface area contributed by atoms with E-state index >= 15 is 0 Å². The Balaban J connectivity index is 1.97. The Bertz CT molecular complexity index is 900. The third kappa shape index (κ3) is 4.67. The van der Waals surface area contributed by atoms with Crippen LogP contribution in [0.4, 0.5) is 11.4 Å². The summed E-state index contributed by atoms with van der Waals surface area (Å²) >= 11 is 1.53. The molecular formula is C22H26N2O4S. The number of para-hydroxylation sites is 1. The number of carbonyl (C=O) groups is 2. The molecule has 0 radical (unpaired) electrons. The van der Waals surface area contributed by atoms with Gasteiger partial charge in [0.05, 0.1) is 25.7 Å². The summed E-state index contributed by atoms with van der Waals surface area (Å²) in [5.74, 6) is 1.80. The molecule has 6 nitrogen and oxygen atoms in total. The molecule has 3 rings (SSSR count). The van der Waals surface area contributed by atoms with Crippen molar-refractivity contribution in [2.45, 2.75) is 25.6 Å². The second kappa shape index (κ2) is 9.22. The maximum Gasteiger partial charge on any atom is 0.238 e. The van der Waals surface area contributed by atoms with Gasteiger partial charge in [-0.3, -0.25) is 14.5 Å². The summed E-state index contributed by atoms with van der Waals surface area (Å²) in [7, 11) is 3.16. The minimum Gasteiger partial charge on any atom is -0.497 e. The van der Waals surface area contributed by atoms with Crippen molar-refractivity contribution < 1.29 is 19.1 Å². The SMILES string of the molecule is COc1ccc(N2C(=O)CS[C@@H]2c2ccccc2NC(=O)CC(C)C)c(OC)c1. The first kappa shape index (κ1) is 21.0. The van der Waals surface area contributed by atoms with Gasteiger partial charge in [-0.2, -0.15) is 0 Å². The normalized spacial score (nSPS) is 16.2. The van der Waals surface area contributed by atoms with Crippen molar-refractivity contribution in [1.29, 1.82) is 0 Å². The van der Waals surface area contributed by atoms with Crippen LogP contribution in [0.5, 0.6) is 11.5 Å². The summed E-state index contributed by atoms with van der Waals surface area (Å²) in [6, 6.07) is 13.0. The van der Waals surface area contributed by atoms with Gasteiger partial charge in [0.15, 0.2) is 0 Å². The lowest BCUT2D eigenvalue weighted by atomic mass is 10.1. The zero-order chi connectivity index (χ0) is 21.0. The quantitative estimate of drug-likeness (QED) is 0.724. The van der Waals surface area contributed by atoms with Crippen LogP contribution >= 0.6 is 11.8 Å². The fourth-order valence-corrected chi connectivity index (χ4v) is 4.50. The minimum atomic E-state index is -0.264. The van der Waals surface area contributed by atoms with E-state index in [0.717, 1.165) is 11.3 Å². The van der Waals surface area contributed by atoms with Crippen LogP contribution in [0.25, 0.3) is 0 Å². The van der Waals surface area contributed by atoms with E-state index in [9.17, 15) is 9.59 Å². The maximum atomic E-state index is 12.8. The van der Waals surface area contributed by atoms with Crippen LogP contribution in [0, 0.1) is 5.92 Å². The number of anilines is 2. The van der Waals surface area contributed by atoms with Crippen LogP contribution < -0.4 is 19.7 Å². The highest BCUT2D eigenvalue weighted by atomic mass is 32.2. The number of benzene rings is 2. The average Bonchev–Trinajstić information content (AvgIpc) is 3.08. The number of hydrogen-bond acceptors (Lipinski definition) is 5. The monoisotopic (exact) mass is 414 g/mol. The molecule has 1 saturated heterocycles. The Hall–Kier alpha value is -2.67. The number of ether oxygens (including phenoxy) is 2. The van der Waals surface area contributed by atoms with Gasteiger partial charge in [0, 0.05) is 23.7 Å². The summed E-state index contributed by atoms with van der Waals surface area (Å²) in [6.07, 6.45) is 0.446. The molecule has 29 heavy (non-hydrogen) atoms. The van der Waals surface area contributed by atoms with Crippen LogP contribution in [-0.2, 0) is 9.59 Å². The first-order chi connectivity index (χ1) is 13.9. The van der Waals surface area contributed by atoms with E-state index in [1.54, 1.807) is 25.2 Å². The molecule has 2 aromatic rings. The van der Waals surface area contributed by atoms with Crippen molar-refractivity contribution in [2.24, 2.45) is 5.92 Å². The van der Waals surface area contributed by atoms with Crippen LogP contribution in [0.2, 0.25) is 0 Å². The van der Waals surface area contributed by atoms with Crippen molar-refractivity contribution in [3.63, 3.8) is 0 Å². The number of thioether (sulfide) groups is 1. The lowest BCUT2D eigenvalue weighted by molar-refractivity contribution is -0.117. The smallest absolute Gasteiger partial charge is 0.238 e. The summed E-state index contributed by atoms with van der Waals surface area (Å²) in [5.41, 5.74) is 2.29. The third-order valence-corrected chi connectivity index (χ3v) is 5.80. The van der Waals surface area contributed by atoms with Crippen LogP contribution in [0.1, 0.15) is 31.2 Å². The van der Waals surface area contributed by atoms with Crippen molar-refractivity contribution >= 4 is 35.0 Å². The Kier molecular flexibility index (Phi) is 6.69. The molecule has 1 N–H and O–H groups in total. The van der Waals surface area contributed by atoms with Crippen LogP contribution in [0.3, 0.4) is 0 Å². The summed E-state index contributed by atoms with van der Waals surface area (Å²) in [5, 5.41) is 2.75. The topological polar surface area (TPSA) is 67.9 Å². The van der Waals surface area contributed by atoms with Crippen molar-refractivity contribution in [3.05, 3.63) is 48.0 Å². The number of hydrogen-bond donors (Lipinski definition) is 1. The van der Waals surface area contributed by atoms with Gasteiger partial charge in [-0.15, -0.1) is 11.8 Å². The molecule has 0 spiro atoms. The fourth-order valence-electron chi connectivity index (χ4n) is 3.30. The van der Waals surface area contributed by atoms with Gasteiger partial charge < -0.3 is 14.8 Å². The summed E-state index contributed by atoms with van der Waals surface area (Å²) in [6.45, 7) is 4.02. The molecule has 1 atom stereocenters. The highest BCUT2D eigenvalue weighted by Crippen LogP contribution is 2.47. The molecule has 0 saturated carbocycles. The van der Waals surface area contributed by atoms with Gasteiger partial charge in [-0.1, -0.05) is 32.0 Å². The first-order valence-corrected chi connectivity index (χ1v) is 10.5. The molecule has 1 heterocycles. The van der Waals surface area contributed by atoms with Gasteiger partial charge in [-0.25, -0.2) is 0 Å². The van der Waals surface area contributed by atoms with Crippen molar-refractivity contribution in [1.82, 2.24) is 0 Å². The molecule has 1 aliphatic rings. The number of methoxy groups -OCH3 is 2. The Morgan fingerprint density at radius 1 is 1.21 bits per heavy atom. The predicted octanol–water partition coefficient (Wildman–Crippen LogP) is 4.47. The number of nitrogens with zero attached hydrogens (tertiary/aromatic N) is 1. The van der Waals surface area contributed by atoms with E-state index in [1.165, 1.54) is 11.8 Å². The molecule has 2 aromatic carbocycles. The van der Waals surface area contributed by atoms with Crippen LogP contribution in [-0.4, -0.2) is 31.8 Å².